The van der Waals surface area contributed by atoms with Gasteiger partial charge in [-0.1, -0.05) is 0 Å². The third-order valence-corrected chi connectivity index (χ3v) is 3.63. The van der Waals surface area contributed by atoms with Crippen LogP contribution in [0.25, 0.3) is 21.6 Å². The molecule has 0 fully saturated rings. The number of nitrogens with one attached hydrogen (secondary N) is 2. The van der Waals surface area contributed by atoms with Gasteiger partial charge in [0.2, 0.25) is 0 Å². The Labute approximate surface area is 101 Å². The first-order valence-corrected chi connectivity index (χ1v) is 5.97. The van der Waals surface area contributed by atoms with Gasteiger partial charge in [-0.25, -0.2) is 4.98 Å². The molecule has 5 nitrogen and oxygen atoms in total. The van der Waals surface area contributed by atoms with Gasteiger partial charge in [0.1, 0.15) is 10.5 Å². The average molecular weight is 246 g/mol. The van der Waals surface area contributed by atoms with E-state index in [1.807, 2.05) is 19.9 Å². The van der Waals surface area contributed by atoms with Crippen LogP contribution in [0.3, 0.4) is 0 Å². The molecule has 3 aromatic rings. The topological polar surface area (TPSA) is 74.4 Å². The van der Waals surface area contributed by atoms with Crippen LogP contribution in [-0.4, -0.2) is 20.2 Å². The third kappa shape index (κ3) is 1.57. The molecule has 0 aromatic carbocycles. The van der Waals surface area contributed by atoms with E-state index < -0.39 is 0 Å². The lowest BCUT2D eigenvalue weighted by molar-refractivity contribution is 1.05. The van der Waals surface area contributed by atoms with Gasteiger partial charge in [0.05, 0.1) is 17.3 Å². The molecule has 86 valence electrons. The van der Waals surface area contributed by atoms with Crippen molar-refractivity contribution in [2.75, 3.05) is 0 Å². The SMILES string of the molecule is Cc1cc2nc(-c3cn[nH]c3C)[nH]c(=O)c2s1. The second kappa shape index (κ2) is 3.53. The monoisotopic (exact) mass is 246 g/mol. The van der Waals surface area contributed by atoms with Crippen molar-refractivity contribution in [2.45, 2.75) is 13.8 Å². The maximum absolute atomic E-state index is 11.9. The fourth-order valence-corrected chi connectivity index (χ4v) is 2.62. The Bertz CT molecular complexity index is 752. The number of nitrogens with zero attached hydrogens (tertiary/aromatic N) is 2. The van der Waals surface area contributed by atoms with Crippen LogP contribution >= 0.6 is 11.3 Å². The predicted octanol–water partition coefficient (Wildman–Crippen LogP) is 1.99. The second-order valence-electron chi connectivity index (χ2n) is 3.89. The molecule has 3 rings (SSSR count). The number of aryl methyl sites for hydroxylation is 2. The smallest absolute Gasteiger partial charge is 0.269 e. The highest BCUT2D eigenvalue weighted by atomic mass is 32.1. The molecule has 0 unspecified atom stereocenters. The largest absolute Gasteiger partial charge is 0.305 e. The van der Waals surface area contributed by atoms with E-state index >= 15 is 0 Å². The quantitative estimate of drug-likeness (QED) is 0.689. The molecular weight excluding hydrogens is 236 g/mol. The van der Waals surface area contributed by atoms with Crippen molar-refractivity contribution in [3.63, 3.8) is 0 Å². The van der Waals surface area contributed by atoms with Crippen molar-refractivity contribution < 1.29 is 0 Å². The molecule has 0 aliphatic carbocycles. The molecule has 2 N–H and O–H groups in total. The minimum absolute atomic E-state index is 0.0938. The van der Waals surface area contributed by atoms with Crippen LogP contribution in [0.15, 0.2) is 17.1 Å². The Balaban J connectivity index is 2.32. The zero-order valence-electron chi connectivity index (χ0n) is 9.37. The molecular formula is C11H10N4OS. The van der Waals surface area contributed by atoms with Crippen LogP contribution < -0.4 is 5.56 Å². The Kier molecular flexibility index (Phi) is 2.12. The average Bonchev–Trinajstić information content (AvgIpc) is 2.83. The van der Waals surface area contributed by atoms with Gasteiger partial charge < -0.3 is 4.98 Å². The predicted molar refractivity (Wildman–Crippen MR) is 67.3 cm³/mol. The van der Waals surface area contributed by atoms with Gasteiger partial charge in [0, 0.05) is 10.6 Å². The summed E-state index contributed by atoms with van der Waals surface area (Å²) in [4.78, 5) is 20.2. The van der Waals surface area contributed by atoms with Crippen molar-refractivity contribution in [1.82, 2.24) is 20.2 Å². The fraction of sp³-hybridized carbons (Fsp3) is 0.182. The van der Waals surface area contributed by atoms with Gasteiger partial charge in [0.25, 0.3) is 5.56 Å². The number of fused-ring (bicyclic) bond motifs is 1. The first-order chi connectivity index (χ1) is 8.15. The summed E-state index contributed by atoms with van der Waals surface area (Å²) in [5.74, 6) is 0.562. The van der Waals surface area contributed by atoms with Gasteiger partial charge in [-0.3, -0.25) is 9.89 Å². The molecule has 0 saturated carbocycles. The number of H-pyrrole nitrogens is 2. The number of rotatable bonds is 1. The summed E-state index contributed by atoms with van der Waals surface area (Å²) in [5, 5.41) is 6.76. The molecule has 0 atom stereocenters. The lowest BCUT2D eigenvalue weighted by atomic mass is 10.2. The molecule has 3 aromatic heterocycles. The minimum Gasteiger partial charge on any atom is -0.305 e. The van der Waals surface area contributed by atoms with Crippen molar-refractivity contribution in [1.29, 1.82) is 0 Å². The highest BCUT2D eigenvalue weighted by Crippen LogP contribution is 2.23. The molecule has 0 amide bonds. The molecule has 0 saturated heterocycles. The normalized spacial score (nSPS) is 11.2. The summed E-state index contributed by atoms with van der Waals surface area (Å²) >= 11 is 1.46. The summed E-state index contributed by atoms with van der Waals surface area (Å²) in [6, 6.07) is 1.92. The number of thiophene rings is 1. The van der Waals surface area contributed by atoms with E-state index in [9.17, 15) is 4.79 Å². The van der Waals surface area contributed by atoms with E-state index in [0.717, 1.165) is 21.7 Å². The zero-order valence-corrected chi connectivity index (χ0v) is 10.2. The van der Waals surface area contributed by atoms with Gasteiger partial charge in [0.15, 0.2) is 0 Å². The van der Waals surface area contributed by atoms with Crippen molar-refractivity contribution in [2.24, 2.45) is 0 Å². The van der Waals surface area contributed by atoms with Gasteiger partial charge >= 0.3 is 0 Å². The van der Waals surface area contributed by atoms with E-state index in [0.29, 0.717) is 10.5 Å². The Hall–Kier alpha value is -1.95. The summed E-state index contributed by atoms with van der Waals surface area (Å²) in [6.45, 7) is 3.86. The van der Waals surface area contributed by atoms with Crippen LogP contribution in [0.4, 0.5) is 0 Å². The van der Waals surface area contributed by atoms with E-state index in [1.54, 1.807) is 6.20 Å². The van der Waals surface area contributed by atoms with Crippen LogP contribution in [0.5, 0.6) is 0 Å². The first-order valence-electron chi connectivity index (χ1n) is 5.16. The maximum Gasteiger partial charge on any atom is 0.269 e. The lowest BCUT2D eigenvalue weighted by Gasteiger charge is -1.98. The Morgan fingerprint density at radius 3 is 2.88 bits per heavy atom. The van der Waals surface area contributed by atoms with Crippen LogP contribution in [0, 0.1) is 13.8 Å². The first kappa shape index (κ1) is 10.2. The molecule has 3 heterocycles. The zero-order chi connectivity index (χ0) is 12.0. The minimum atomic E-state index is -0.0938. The van der Waals surface area contributed by atoms with Crippen molar-refractivity contribution >= 4 is 21.6 Å². The van der Waals surface area contributed by atoms with Gasteiger partial charge in [-0.05, 0) is 19.9 Å². The van der Waals surface area contributed by atoms with Crippen LogP contribution in [0.2, 0.25) is 0 Å². The van der Waals surface area contributed by atoms with E-state index in [1.165, 1.54) is 11.3 Å². The molecule has 0 aliphatic rings. The van der Waals surface area contributed by atoms with E-state index in [-0.39, 0.29) is 5.56 Å². The summed E-state index contributed by atoms with van der Waals surface area (Å²) < 4.78 is 0.674. The number of aromatic nitrogens is 4. The molecule has 0 spiro atoms. The summed E-state index contributed by atoms with van der Waals surface area (Å²) in [5.41, 5.74) is 2.36. The Morgan fingerprint density at radius 1 is 1.35 bits per heavy atom. The molecule has 0 bridgehead atoms. The molecule has 17 heavy (non-hydrogen) atoms. The van der Waals surface area contributed by atoms with Crippen LogP contribution in [0.1, 0.15) is 10.6 Å². The highest BCUT2D eigenvalue weighted by Gasteiger charge is 2.11. The van der Waals surface area contributed by atoms with Crippen molar-refractivity contribution in [3.05, 3.63) is 33.2 Å². The van der Waals surface area contributed by atoms with Gasteiger partial charge in [-0.15, -0.1) is 11.3 Å². The van der Waals surface area contributed by atoms with Crippen molar-refractivity contribution in [3.8, 4) is 11.4 Å². The molecule has 0 radical (unpaired) electrons. The number of hydrogen-bond donors (Lipinski definition) is 2. The standard InChI is InChI=1S/C11H10N4OS/c1-5-3-8-9(17-5)11(16)14-10(13-8)7-4-12-15-6(7)2/h3-4H,1-2H3,(H,12,15)(H,13,14,16). The third-order valence-electron chi connectivity index (χ3n) is 2.59. The number of hydrogen-bond acceptors (Lipinski definition) is 4. The van der Waals surface area contributed by atoms with E-state index in [4.69, 9.17) is 0 Å². The fourth-order valence-electron chi connectivity index (χ4n) is 1.78. The highest BCUT2D eigenvalue weighted by molar-refractivity contribution is 7.18. The Morgan fingerprint density at radius 2 is 2.18 bits per heavy atom. The van der Waals surface area contributed by atoms with Gasteiger partial charge in [-0.2, -0.15) is 5.10 Å². The summed E-state index contributed by atoms with van der Waals surface area (Å²) in [6.07, 6.45) is 1.67. The summed E-state index contributed by atoms with van der Waals surface area (Å²) in [7, 11) is 0. The number of aromatic amines is 2. The molecule has 6 heteroatoms. The lowest BCUT2D eigenvalue weighted by Crippen LogP contribution is -2.07. The second-order valence-corrected chi connectivity index (χ2v) is 5.15. The molecule has 0 aliphatic heterocycles. The maximum atomic E-state index is 11.9. The van der Waals surface area contributed by atoms with E-state index in [2.05, 4.69) is 20.2 Å². The van der Waals surface area contributed by atoms with Crippen LogP contribution in [-0.2, 0) is 0 Å².